The van der Waals surface area contributed by atoms with Crippen LogP contribution in [0.25, 0.3) is 11.3 Å². The first-order chi connectivity index (χ1) is 14.1. The van der Waals surface area contributed by atoms with Crippen LogP contribution in [0.2, 0.25) is 0 Å². The maximum atomic E-state index is 12.5. The van der Waals surface area contributed by atoms with Crippen molar-refractivity contribution in [3.05, 3.63) is 88.7 Å². The van der Waals surface area contributed by atoms with Gasteiger partial charge in [0.25, 0.3) is 5.56 Å². The zero-order valence-corrected chi connectivity index (χ0v) is 15.9. The van der Waals surface area contributed by atoms with Crippen LogP contribution in [-0.4, -0.2) is 34.8 Å². The van der Waals surface area contributed by atoms with Crippen molar-refractivity contribution >= 4 is 11.9 Å². The molecule has 7 nitrogen and oxygen atoms in total. The Hall–Kier alpha value is -3.74. The third-order valence-corrected chi connectivity index (χ3v) is 4.33. The van der Waals surface area contributed by atoms with Crippen molar-refractivity contribution < 1.29 is 14.3 Å². The van der Waals surface area contributed by atoms with Crippen molar-refractivity contribution in [2.45, 2.75) is 19.0 Å². The van der Waals surface area contributed by atoms with Gasteiger partial charge < -0.3 is 10.1 Å². The molecule has 148 valence electrons. The van der Waals surface area contributed by atoms with Gasteiger partial charge in [0.15, 0.2) is 0 Å². The monoisotopic (exact) mass is 391 g/mol. The summed E-state index contributed by atoms with van der Waals surface area (Å²) >= 11 is 0. The number of aromatic nitrogens is 2. The molecule has 0 aliphatic heterocycles. The first kappa shape index (κ1) is 20.0. The van der Waals surface area contributed by atoms with Crippen LogP contribution in [0, 0.1) is 0 Å². The van der Waals surface area contributed by atoms with Gasteiger partial charge in [0.05, 0.1) is 12.8 Å². The molecule has 1 atom stereocenters. The van der Waals surface area contributed by atoms with Gasteiger partial charge in [-0.05, 0) is 11.6 Å². The normalized spacial score (nSPS) is 11.5. The molecule has 0 saturated heterocycles. The number of ether oxygens (including phenoxy) is 1. The number of hydrogen-bond acceptors (Lipinski definition) is 5. The highest BCUT2D eigenvalue weighted by Crippen LogP contribution is 2.14. The SMILES string of the molecule is COC(=O)[C@H](Cc1ccccc1)NC(=O)Cn1nc(-c2ccccc2)ccc1=O. The molecule has 1 heterocycles. The Kier molecular flexibility index (Phi) is 6.52. The van der Waals surface area contributed by atoms with Crippen LogP contribution < -0.4 is 10.9 Å². The van der Waals surface area contributed by atoms with Gasteiger partial charge in [0.1, 0.15) is 12.6 Å². The van der Waals surface area contributed by atoms with E-state index >= 15 is 0 Å². The second kappa shape index (κ2) is 9.45. The summed E-state index contributed by atoms with van der Waals surface area (Å²) in [4.78, 5) is 36.7. The molecule has 0 aliphatic rings. The van der Waals surface area contributed by atoms with Crippen molar-refractivity contribution in [1.82, 2.24) is 15.1 Å². The molecular formula is C22H21N3O4. The summed E-state index contributed by atoms with van der Waals surface area (Å²) in [5, 5.41) is 6.90. The smallest absolute Gasteiger partial charge is 0.328 e. The fraction of sp³-hybridized carbons (Fsp3) is 0.182. The first-order valence-corrected chi connectivity index (χ1v) is 9.11. The molecule has 3 aromatic rings. The Morgan fingerprint density at radius 3 is 2.31 bits per heavy atom. The Morgan fingerprint density at radius 1 is 1.00 bits per heavy atom. The van der Waals surface area contributed by atoms with Gasteiger partial charge in [-0.3, -0.25) is 9.59 Å². The highest BCUT2D eigenvalue weighted by atomic mass is 16.5. The topological polar surface area (TPSA) is 90.3 Å². The van der Waals surface area contributed by atoms with Crippen LogP contribution in [0.1, 0.15) is 5.56 Å². The second-order valence-corrected chi connectivity index (χ2v) is 6.41. The summed E-state index contributed by atoms with van der Waals surface area (Å²) in [6.07, 6.45) is 0.283. The molecule has 2 aromatic carbocycles. The van der Waals surface area contributed by atoms with Crippen LogP contribution in [0.5, 0.6) is 0 Å². The highest BCUT2D eigenvalue weighted by molar-refractivity contribution is 5.84. The van der Waals surface area contributed by atoms with Gasteiger partial charge in [0.2, 0.25) is 5.91 Å². The molecule has 0 aliphatic carbocycles. The molecule has 0 unspecified atom stereocenters. The maximum absolute atomic E-state index is 12.5. The second-order valence-electron chi connectivity index (χ2n) is 6.41. The lowest BCUT2D eigenvalue weighted by atomic mass is 10.1. The van der Waals surface area contributed by atoms with E-state index in [4.69, 9.17) is 4.74 Å². The first-order valence-electron chi connectivity index (χ1n) is 9.11. The van der Waals surface area contributed by atoms with Gasteiger partial charge in [0, 0.05) is 18.1 Å². The number of nitrogens with one attached hydrogen (secondary N) is 1. The van der Waals surface area contributed by atoms with E-state index in [2.05, 4.69) is 10.4 Å². The molecule has 0 radical (unpaired) electrons. The third kappa shape index (κ3) is 5.38. The number of methoxy groups -OCH3 is 1. The van der Waals surface area contributed by atoms with Crippen molar-refractivity contribution in [2.75, 3.05) is 7.11 Å². The highest BCUT2D eigenvalue weighted by Gasteiger charge is 2.22. The molecule has 1 aromatic heterocycles. The van der Waals surface area contributed by atoms with Crippen molar-refractivity contribution in [2.24, 2.45) is 0 Å². The molecule has 7 heteroatoms. The average Bonchev–Trinajstić information content (AvgIpc) is 2.75. The number of rotatable bonds is 7. The number of carbonyl (C=O) groups is 2. The summed E-state index contributed by atoms with van der Waals surface area (Å²) in [7, 11) is 1.27. The average molecular weight is 391 g/mol. The number of nitrogens with zero attached hydrogens (tertiary/aromatic N) is 2. The molecule has 0 bridgehead atoms. The Morgan fingerprint density at radius 2 is 1.66 bits per heavy atom. The molecule has 1 N–H and O–H groups in total. The van der Waals surface area contributed by atoms with E-state index in [1.54, 1.807) is 6.07 Å². The lowest BCUT2D eigenvalue weighted by Gasteiger charge is -2.17. The molecular weight excluding hydrogens is 370 g/mol. The van der Waals surface area contributed by atoms with Gasteiger partial charge in [-0.1, -0.05) is 60.7 Å². The number of benzene rings is 2. The molecule has 0 saturated carbocycles. The van der Waals surface area contributed by atoms with Crippen LogP contribution in [-0.2, 0) is 27.3 Å². The predicted molar refractivity (Wildman–Crippen MR) is 108 cm³/mol. The zero-order valence-electron chi connectivity index (χ0n) is 15.9. The molecule has 3 rings (SSSR count). The van der Waals surface area contributed by atoms with Gasteiger partial charge in [-0.2, -0.15) is 5.10 Å². The minimum Gasteiger partial charge on any atom is -0.467 e. The van der Waals surface area contributed by atoms with E-state index in [1.165, 1.54) is 13.2 Å². The summed E-state index contributed by atoms with van der Waals surface area (Å²) in [6.45, 7) is -0.304. The van der Waals surface area contributed by atoms with E-state index in [1.807, 2.05) is 60.7 Å². The minimum absolute atomic E-state index is 0.283. The number of esters is 1. The number of amides is 1. The molecule has 1 amide bonds. The molecule has 0 spiro atoms. The van der Waals surface area contributed by atoms with E-state index in [0.717, 1.165) is 15.8 Å². The van der Waals surface area contributed by atoms with E-state index in [0.29, 0.717) is 5.69 Å². The quantitative estimate of drug-likeness (QED) is 0.621. The lowest BCUT2D eigenvalue weighted by molar-refractivity contribution is -0.145. The number of carbonyl (C=O) groups excluding carboxylic acids is 2. The van der Waals surface area contributed by atoms with E-state index < -0.39 is 23.5 Å². The van der Waals surface area contributed by atoms with Crippen LogP contribution >= 0.6 is 0 Å². The van der Waals surface area contributed by atoms with Crippen LogP contribution in [0.15, 0.2) is 77.6 Å². The Balaban J connectivity index is 1.74. The molecule has 0 fully saturated rings. The van der Waals surface area contributed by atoms with E-state index in [-0.39, 0.29) is 13.0 Å². The van der Waals surface area contributed by atoms with Crippen LogP contribution in [0.4, 0.5) is 0 Å². The fourth-order valence-corrected chi connectivity index (χ4v) is 2.89. The third-order valence-electron chi connectivity index (χ3n) is 4.33. The predicted octanol–water partition coefficient (Wildman–Crippen LogP) is 1.81. The number of hydrogen-bond donors (Lipinski definition) is 1. The summed E-state index contributed by atoms with van der Waals surface area (Å²) in [5.41, 5.74) is 1.88. The summed E-state index contributed by atoms with van der Waals surface area (Å²) in [5.74, 6) is -1.06. The fourth-order valence-electron chi connectivity index (χ4n) is 2.89. The largest absolute Gasteiger partial charge is 0.467 e. The zero-order chi connectivity index (χ0) is 20.6. The van der Waals surface area contributed by atoms with Crippen molar-refractivity contribution in [1.29, 1.82) is 0 Å². The van der Waals surface area contributed by atoms with Crippen molar-refractivity contribution in [3.63, 3.8) is 0 Å². The van der Waals surface area contributed by atoms with Gasteiger partial charge in [-0.15, -0.1) is 0 Å². The summed E-state index contributed by atoms with van der Waals surface area (Å²) < 4.78 is 5.88. The van der Waals surface area contributed by atoms with Gasteiger partial charge >= 0.3 is 5.97 Å². The Bertz CT molecular complexity index is 1030. The standard InChI is InChI=1S/C22H21N3O4/c1-29-22(28)19(14-16-8-4-2-5-9-16)23-20(26)15-25-21(27)13-12-18(24-25)17-10-6-3-7-11-17/h2-13,19H,14-15H2,1H3,(H,23,26)/t19-/m0/s1. The van der Waals surface area contributed by atoms with Gasteiger partial charge in [-0.25, -0.2) is 9.48 Å². The van der Waals surface area contributed by atoms with Crippen molar-refractivity contribution in [3.8, 4) is 11.3 Å². The lowest BCUT2D eigenvalue weighted by Crippen LogP contribution is -2.45. The minimum atomic E-state index is -0.858. The maximum Gasteiger partial charge on any atom is 0.328 e. The molecule has 29 heavy (non-hydrogen) atoms. The van der Waals surface area contributed by atoms with E-state index in [9.17, 15) is 14.4 Å². The Labute approximate surface area is 168 Å². The summed E-state index contributed by atoms with van der Waals surface area (Å²) in [6, 6.07) is 20.7. The van der Waals surface area contributed by atoms with Crippen LogP contribution in [0.3, 0.4) is 0 Å².